The SMILES string of the molecule is C=C.C=C(C)CNC(=O)NCl.CN(C)C. The molecule has 2 amide bonds. The van der Waals surface area contributed by atoms with E-state index in [0.717, 1.165) is 5.57 Å². The van der Waals surface area contributed by atoms with Crippen LogP contribution in [0.4, 0.5) is 4.79 Å². The highest BCUT2D eigenvalue weighted by atomic mass is 35.5. The minimum Gasteiger partial charge on any atom is -0.333 e. The van der Waals surface area contributed by atoms with E-state index in [-0.39, 0.29) is 0 Å². The van der Waals surface area contributed by atoms with E-state index < -0.39 is 6.03 Å². The summed E-state index contributed by atoms with van der Waals surface area (Å²) in [5.74, 6) is 0. The van der Waals surface area contributed by atoms with Crippen molar-refractivity contribution in [3.05, 3.63) is 25.3 Å². The molecule has 4 nitrogen and oxygen atoms in total. The molecule has 0 aromatic rings. The topological polar surface area (TPSA) is 44.4 Å². The smallest absolute Gasteiger partial charge is 0.329 e. The zero-order chi connectivity index (χ0) is 12.9. The fourth-order valence-electron chi connectivity index (χ4n) is 0.265. The number of hydrogen-bond donors (Lipinski definition) is 2. The molecular formula is C10H22ClN3O. The summed E-state index contributed by atoms with van der Waals surface area (Å²) in [6.45, 7) is 11.8. The van der Waals surface area contributed by atoms with Gasteiger partial charge in [-0.15, -0.1) is 13.2 Å². The monoisotopic (exact) mass is 235 g/mol. The lowest BCUT2D eigenvalue weighted by Crippen LogP contribution is -2.30. The molecule has 15 heavy (non-hydrogen) atoms. The molecule has 0 aromatic heterocycles. The summed E-state index contributed by atoms with van der Waals surface area (Å²) in [5.41, 5.74) is 0.885. The van der Waals surface area contributed by atoms with Crippen LogP contribution in [0.1, 0.15) is 6.92 Å². The van der Waals surface area contributed by atoms with Crippen molar-refractivity contribution in [2.24, 2.45) is 0 Å². The first kappa shape index (κ1) is 19.6. The number of urea groups is 1. The maximum Gasteiger partial charge on any atom is 0.329 e. The molecule has 0 saturated heterocycles. The van der Waals surface area contributed by atoms with Crippen LogP contribution in [-0.2, 0) is 0 Å². The number of rotatable bonds is 2. The summed E-state index contributed by atoms with van der Waals surface area (Å²) < 4.78 is 0. The Hall–Kier alpha value is -1.00. The average molecular weight is 236 g/mol. The predicted molar refractivity (Wildman–Crippen MR) is 68.1 cm³/mol. The Labute approximate surface area is 98.1 Å². The van der Waals surface area contributed by atoms with Crippen LogP contribution in [0, 0.1) is 0 Å². The summed E-state index contributed by atoms with van der Waals surface area (Å²) in [6, 6.07) is -0.403. The van der Waals surface area contributed by atoms with Crippen molar-refractivity contribution in [1.82, 2.24) is 15.1 Å². The standard InChI is InChI=1S/C5H9ClN2O.C3H9N.C2H4/c1-4(2)3-7-5(9)8-6;1-4(2)3;1-2/h1,3H2,2H3,(H2,7,8,9);1-3H3;1-2H2. The minimum absolute atomic E-state index is 0.403. The van der Waals surface area contributed by atoms with E-state index in [1.54, 1.807) is 0 Å². The lowest BCUT2D eigenvalue weighted by atomic mass is 10.3. The lowest BCUT2D eigenvalue weighted by molar-refractivity contribution is 0.247. The molecular weight excluding hydrogens is 214 g/mol. The molecule has 2 N–H and O–H groups in total. The van der Waals surface area contributed by atoms with E-state index in [2.05, 4.69) is 25.1 Å². The number of carbonyl (C=O) groups excluding carboxylic acids is 1. The Morgan fingerprint density at radius 1 is 1.33 bits per heavy atom. The van der Waals surface area contributed by atoms with Crippen LogP contribution in [-0.4, -0.2) is 38.6 Å². The molecule has 0 fully saturated rings. The number of nitrogens with zero attached hydrogens (tertiary/aromatic N) is 1. The van der Waals surface area contributed by atoms with E-state index in [4.69, 9.17) is 11.8 Å². The van der Waals surface area contributed by atoms with E-state index >= 15 is 0 Å². The maximum atomic E-state index is 10.3. The van der Waals surface area contributed by atoms with Crippen molar-refractivity contribution in [3.63, 3.8) is 0 Å². The first-order valence-corrected chi connectivity index (χ1v) is 4.67. The second-order valence-corrected chi connectivity index (χ2v) is 3.26. The van der Waals surface area contributed by atoms with Gasteiger partial charge in [-0.25, -0.2) is 9.63 Å². The van der Waals surface area contributed by atoms with Crippen molar-refractivity contribution in [2.75, 3.05) is 27.7 Å². The summed E-state index contributed by atoms with van der Waals surface area (Å²) in [6.07, 6.45) is 0. The molecule has 0 saturated carbocycles. The normalized spacial score (nSPS) is 7.60. The molecule has 90 valence electrons. The Morgan fingerprint density at radius 3 is 1.87 bits per heavy atom. The highest BCUT2D eigenvalue weighted by molar-refractivity contribution is 6.21. The first-order chi connectivity index (χ1) is 6.90. The van der Waals surface area contributed by atoms with Gasteiger partial charge in [0.15, 0.2) is 0 Å². The predicted octanol–water partition coefficient (Wildman–Crippen LogP) is 2.00. The first-order valence-electron chi connectivity index (χ1n) is 4.30. The van der Waals surface area contributed by atoms with Gasteiger partial charge in [0.1, 0.15) is 0 Å². The second kappa shape index (κ2) is 15.5. The third-order valence-corrected chi connectivity index (χ3v) is 0.808. The van der Waals surface area contributed by atoms with E-state index in [9.17, 15) is 4.79 Å². The van der Waals surface area contributed by atoms with E-state index in [1.165, 1.54) is 0 Å². The van der Waals surface area contributed by atoms with Crippen LogP contribution in [0.25, 0.3) is 0 Å². The van der Waals surface area contributed by atoms with Gasteiger partial charge in [0.2, 0.25) is 0 Å². The number of halogens is 1. The summed E-state index contributed by atoms with van der Waals surface area (Å²) >= 11 is 4.94. The Morgan fingerprint density at radius 2 is 1.67 bits per heavy atom. The minimum atomic E-state index is -0.403. The highest BCUT2D eigenvalue weighted by Gasteiger charge is 1.93. The number of hydrogen-bond acceptors (Lipinski definition) is 2. The fraction of sp³-hybridized carbons (Fsp3) is 0.500. The maximum absolute atomic E-state index is 10.3. The van der Waals surface area contributed by atoms with Gasteiger partial charge in [-0.05, 0) is 28.1 Å². The van der Waals surface area contributed by atoms with Gasteiger partial charge < -0.3 is 10.2 Å². The van der Waals surface area contributed by atoms with Crippen LogP contribution >= 0.6 is 11.8 Å². The quantitative estimate of drug-likeness (QED) is 0.568. The van der Waals surface area contributed by atoms with Gasteiger partial charge in [0.05, 0.1) is 0 Å². The van der Waals surface area contributed by atoms with Gasteiger partial charge in [0.25, 0.3) is 0 Å². The van der Waals surface area contributed by atoms with E-state index in [0.29, 0.717) is 6.54 Å². The third-order valence-electron chi connectivity index (χ3n) is 0.637. The van der Waals surface area contributed by atoms with E-state index in [1.807, 2.05) is 37.8 Å². The van der Waals surface area contributed by atoms with Crippen molar-refractivity contribution in [2.45, 2.75) is 6.92 Å². The van der Waals surface area contributed by atoms with Gasteiger partial charge in [-0.1, -0.05) is 12.2 Å². The summed E-state index contributed by atoms with van der Waals surface area (Å²) in [4.78, 5) is 14.2. The molecule has 0 rings (SSSR count). The van der Waals surface area contributed by atoms with Gasteiger partial charge in [0, 0.05) is 18.3 Å². The molecule has 0 aromatic carbocycles. The van der Waals surface area contributed by atoms with Crippen LogP contribution in [0.2, 0.25) is 0 Å². The molecule has 0 aliphatic carbocycles. The van der Waals surface area contributed by atoms with Crippen molar-refractivity contribution in [1.29, 1.82) is 0 Å². The molecule has 0 aliphatic rings. The highest BCUT2D eigenvalue weighted by Crippen LogP contribution is 1.80. The van der Waals surface area contributed by atoms with Crippen molar-refractivity contribution in [3.8, 4) is 0 Å². The molecule has 5 heteroatoms. The van der Waals surface area contributed by atoms with Crippen molar-refractivity contribution < 1.29 is 4.79 Å². The molecule has 0 spiro atoms. The molecule has 0 heterocycles. The lowest BCUT2D eigenvalue weighted by Gasteiger charge is -1.99. The Kier molecular flexibility index (Phi) is 20.2. The van der Waals surface area contributed by atoms with Crippen molar-refractivity contribution >= 4 is 17.8 Å². The van der Waals surface area contributed by atoms with Gasteiger partial charge >= 0.3 is 6.03 Å². The number of nitrogens with one attached hydrogen (secondary N) is 2. The Bertz CT molecular complexity index is 169. The summed E-state index contributed by atoms with van der Waals surface area (Å²) in [5, 5.41) is 2.45. The second-order valence-electron chi connectivity index (χ2n) is 3.08. The largest absolute Gasteiger partial charge is 0.333 e. The number of amides is 2. The third kappa shape index (κ3) is 43.7. The zero-order valence-electron chi connectivity index (χ0n) is 10.1. The van der Waals surface area contributed by atoms with Gasteiger partial charge in [-0.3, -0.25) is 0 Å². The number of carbonyl (C=O) groups is 1. The van der Waals surface area contributed by atoms with Gasteiger partial charge in [-0.2, -0.15) is 0 Å². The van der Waals surface area contributed by atoms with Crippen LogP contribution in [0.15, 0.2) is 25.3 Å². The average Bonchev–Trinajstić information content (AvgIpc) is 2.16. The molecule has 0 unspecified atom stereocenters. The van der Waals surface area contributed by atoms with Crippen LogP contribution in [0.3, 0.4) is 0 Å². The zero-order valence-corrected chi connectivity index (χ0v) is 10.8. The summed E-state index contributed by atoms with van der Waals surface area (Å²) in [7, 11) is 6.00. The Balaban J connectivity index is -0.000000202. The van der Waals surface area contributed by atoms with Crippen LogP contribution < -0.4 is 10.2 Å². The fourth-order valence-corrected chi connectivity index (χ4v) is 0.331. The molecule has 0 bridgehead atoms. The van der Waals surface area contributed by atoms with Crippen LogP contribution in [0.5, 0.6) is 0 Å². The molecule has 0 atom stereocenters. The molecule has 0 aliphatic heterocycles. The molecule has 0 radical (unpaired) electrons.